The molecule has 0 fully saturated rings. The predicted octanol–water partition coefficient (Wildman–Crippen LogP) is 6.21. The van der Waals surface area contributed by atoms with E-state index in [0.29, 0.717) is 0 Å². The molecule has 0 amide bonds. The highest BCUT2D eigenvalue weighted by Gasteiger charge is 2.18. The van der Waals surface area contributed by atoms with Crippen LogP contribution < -0.4 is 0 Å². The molecule has 0 bridgehead atoms. The first kappa shape index (κ1) is 14.5. The van der Waals surface area contributed by atoms with E-state index < -0.39 is 17.0 Å². The average molecular weight is 368 g/mol. The second kappa shape index (κ2) is 5.74. The Morgan fingerprint density at radius 2 is 1.52 bits per heavy atom. The molecule has 0 aliphatic heterocycles. The number of rotatable bonds is 2. The number of alkyl halides is 1. The molecule has 0 aliphatic carbocycles. The van der Waals surface area contributed by atoms with E-state index >= 15 is 0 Å². The van der Waals surface area contributed by atoms with E-state index in [-0.39, 0.29) is 5.56 Å². The minimum absolute atomic E-state index is 0.269. The van der Waals surface area contributed by atoms with Crippen LogP contribution in [-0.2, 0) is 0 Å². The zero-order valence-corrected chi connectivity index (χ0v) is 13.1. The van der Waals surface area contributed by atoms with E-state index in [0.717, 1.165) is 26.9 Å². The van der Waals surface area contributed by atoms with Crippen molar-refractivity contribution >= 4 is 38.3 Å². The molecule has 0 aromatic heterocycles. The molecule has 4 heteroatoms. The van der Waals surface area contributed by atoms with Crippen molar-refractivity contribution in [3.05, 3.63) is 81.8 Å². The highest BCUT2D eigenvalue weighted by atomic mass is 79.9. The van der Waals surface area contributed by atoms with E-state index in [1.54, 1.807) is 0 Å². The number of fused-ring (bicyclic) bond motifs is 1. The van der Waals surface area contributed by atoms with Gasteiger partial charge < -0.3 is 0 Å². The quantitative estimate of drug-likeness (QED) is 0.472. The molecule has 0 spiro atoms. The molecule has 3 aromatic carbocycles. The zero-order chi connectivity index (χ0) is 15.0. The van der Waals surface area contributed by atoms with Crippen molar-refractivity contribution in [2.75, 3.05) is 0 Å². The van der Waals surface area contributed by atoms with Crippen molar-refractivity contribution in [2.24, 2.45) is 0 Å². The van der Waals surface area contributed by atoms with Gasteiger partial charge in [0.1, 0.15) is 11.6 Å². The number of hydrogen-bond donors (Lipinski definition) is 0. The fourth-order valence-corrected chi connectivity index (χ4v) is 3.23. The van der Waals surface area contributed by atoms with Crippen molar-refractivity contribution < 1.29 is 8.78 Å². The standard InChI is InChI=1S/C17H10BrClF2/c18-15-8-7-13(11-3-1-2-4-12(11)15)17(19)14-6-5-10(20)9-16(14)21/h1-9,17H. The average Bonchev–Trinajstić information content (AvgIpc) is 2.47. The third-order valence-electron chi connectivity index (χ3n) is 3.41. The van der Waals surface area contributed by atoms with Gasteiger partial charge >= 0.3 is 0 Å². The van der Waals surface area contributed by atoms with Crippen LogP contribution in [0.5, 0.6) is 0 Å². The summed E-state index contributed by atoms with van der Waals surface area (Å²) in [6.45, 7) is 0. The van der Waals surface area contributed by atoms with Crippen LogP contribution >= 0.6 is 27.5 Å². The molecule has 0 nitrogen and oxygen atoms in total. The summed E-state index contributed by atoms with van der Waals surface area (Å²) in [5.41, 5.74) is 1.06. The maximum atomic E-state index is 13.9. The summed E-state index contributed by atoms with van der Waals surface area (Å²) in [6.07, 6.45) is 0. The van der Waals surface area contributed by atoms with Crippen molar-refractivity contribution in [1.82, 2.24) is 0 Å². The van der Waals surface area contributed by atoms with E-state index in [1.165, 1.54) is 12.1 Å². The molecule has 0 aliphatic rings. The molecule has 3 aromatic rings. The molecule has 0 saturated heterocycles. The monoisotopic (exact) mass is 366 g/mol. The molecule has 0 heterocycles. The van der Waals surface area contributed by atoms with Gasteiger partial charge in [-0.15, -0.1) is 11.6 Å². The van der Waals surface area contributed by atoms with Crippen LogP contribution in [0.2, 0.25) is 0 Å². The van der Waals surface area contributed by atoms with Crippen molar-refractivity contribution in [3.8, 4) is 0 Å². The molecular formula is C17H10BrClF2. The summed E-state index contributed by atoms with van der Waals surface area (Å²) in [6, 6.07) is 14.9. The van der Waals surface area contributed by atoms with E-state index in [1.807, 2.05) is 36.4 Å². The smallest absolute Gasteiger partial charge is 0.131 e. The van der Waals surface area contributed by atoms with Gasteiger partial charge in [0.2, 0.25) is 0 Å². The summed E-state index contributed by atoms with van der Waals surface area (Å²) >= 11 is 9.94. The van der Waals surface area contributed by atoms with Crippen LogP contribution in [0.1, 0.15) is 16.5 Å². The van der Waals surface area contributed by atoms with E-state index in [2.05, 4.69) is 15.9 Å². The van der Waals surface area contributed by atoms with Crippen LogP contribution in [0.25, 0.3) is 10.8 Å². The first-order chi connectivity index (χ1) is 10.1. The lowest BCUT2D eigenvalue weighted by molar-refractivity contribution is 0.574. The topological polar surface area (TPSA) is 0 Å². The minimum atomic E-state index is -0.677. The molecule has 106 valence electrons. The molecule has 21 heavy (non-hydrogen) atoms. The van der Waals surface area contributed by atoms with Gasteiger partial charge in [-0.2, -0.15) is 0 Å². The lowest BCUT2D eigenvalue weighted by atomic mass is 9.97. The van der Waals surface area contributed by atoms with Gasteiger partial charge in [-0.3, -0.25) is 0 Å². The van der Waals surface area contributed by atoms with Crippen LogP contribution in [0.15, 0.2) is 59.1 Å². The minimum Gasteiger partial charge on any atom is -0.207 e. The Bertz CT molecular complexity index is 817. The highest BCUT2D eigenvalue weighted by Crippen LogP contribution is 2.37. The molecule has 3 rings (SSSR count). The van der Waals surface area contributed by atoms with E-state index in [9.17, 15) is 8.78 Å². The number of benzene rings is 3. The largest absolute Gasteiger partial charge is 0.207 e. The first-order valence-electron chi connectivity index (χ1n) is 6.34. The highest BCUT2D eigenvalue weighted by molar-refractivity contribution is 9.10. The lowest BCUT2D eigenvalue weighted by Crippen LogP contribution is -1.99. The maximum Gasteiger partial charge on any atom is 0.131 e. The molecule has 0 saturated carbocycles. The predicted molar refractivity (Wildman–Crippen MR) is 85.7 cm³/mol. The third-order valence-corrected chi connectivity index (χ3v) is 4.57. The fourth-order valence-electron chi connectivity index (χ4n) is 2.38. The van der Waals surface area contributed by atoms with Crippen molar-refractivity contribution in [1.29, 1.82) is 0 Å². The molecule has 1 atom stereocenters. The SMILES string of the molecule is Fc1ccc(C(Cl)c2ccc(Br)c3ccccc23)c(F)c1. The molecular weight excluding hydrogens is 358 g/mol. The molecule has 1 unspecified atom stereocenters. The van der Waals surface area contributed by atoms with Gasteiger partial charge in [0.15, 0.2) is 0 Å². The van der Waals surface area contributed by atoms with Crippen molar-refractivity contribution in [2.45, 2.75) is 5.38 Å². The second-order valence-corrected chi connectivity index (χ2v) is 6.00. The first-order valence-corrected chi connectivity index (χ1v) is 7.57. The maximum absolute atomic E-state index is 13.9. The van der Waals surface area contributed by atoms with Crippen LogP contribution in [0.4, 0.5) is 8.78 Å². The van der Waals surface area contributed by atoms with Gasteiger partial charge in [0, 0.05) is 16.1 Å². The van der Waals surface area contributed by atoms with Crippen LogP contribution in [-0.4, -0.2) is 0 Å². The van der Waals surface area contributed by atoms with Gasteiger partial charge in [-0.25, -0.2) is 8.78 Å². The van der Waals surface area contributed by atoms with Crippen LogP contribution in [0, 0.1) is 11.6 Å². The number of halogens is 4. The Labute approximate surface area is 134 Å². The van der Waals surface area contributed by atoms with Gasteiger partial charge in [-0.1, -0.05) is 52.3 Å². The Hall–Kier alpha value is -1.45. The van der Waals surface area contributed by atoms with Gasteiger partial charge in [0.25, 0.3) is 0 Å². The van der Waals surface area contributed by atoms with Gasteiger partial charge in [-0.05, 0) is 28.5 Å². The fraction of sp³-hybridized carbons (Fsp3) is 0.0588. The lowest BCUT2D eigenvalue weighted by Gasteiger charge is -2.15. The van der Waals surface area contributed by atoms with Crippen LogP contribution in [0.3, 0.4) is 0 Å². The summed E-state index contributed by atoms with van der Waals surface area (Å²) in [4.78, 5) is 0. The van der Waals surface area contributed by atoms with E-state index in [4.69, 9.17) is 11.6 Å². The summed E-state index contributed by atoms with van der Waals surface area (Å²) in [5.74, 6) is -1.25. The summed E-state index contributed by atoms with van der Waals surface area (Å²) in [5, 5.41) is 1.27. The van der Waals surface area contributed by atoms with Gasteiger partial charge in [0.05, 0.1) is 5.38 Å². The Balaban J connectivity index is 2.18. The van der Waals surface area contributed by atoms with Crippen molar-refractivity contribution in [3.63, 3.8) is 0 Å². The molecule has 0 N–H and O–H groups in total. The Morgan fingerprint density at radius 1 is 0.857 bits per heavy atom. The Morgan fingerprint density at radius 3 is 2.24 bits per heavy atom. The second-order valence-electron chi connectivity index (χ2n) is 4.71. The summed E-state index contributed by atoms with van der Waals surface area (Å²) in [7, 11) is 0. The number of hydrogen-bond acceptors (Lipinski definition) is 0. The Kier molecular flexibility index (Phi) is 3.96. The summed E-state index contributed by atoms with van der Waals surface area (Å²) < 4.78 is 27.9. The third kappa shape index (κ3) is 2.68. The zero-order valence-electron chi connectivity index (χ0n) is 10.8. The normalized spacial score (nSPS) is 12.6. The molecule has 0 radical (unpaired) electrons.